The molecule has 3 aromatic heterocycles. The van der Waals surface area contributed by atoms with Crippen molar-refractivity contribution < 1.29 is 0 Å². The summed E-state index contributed by atoms with van der Waals surface area (Å²) in [5, 5.41) is 4.67. The highest BCUT2D eigenvalue weighted by Crippen LogP contribution is 2.31. The van der Waals surface area contributed by atoms with E-state index in [9.17, 15) is 0 Å². The van der Waals surface area contributed by atoms with E-state index in [0.29, 0.717) is 5.13 Å². The molecule has 3 aromatic rings. The fourth-order valence-electron chi connectivity index (χ4n) is 2.41. The first-order chi connectivity index (χ1) is 10.5. The minimum absolute atomic E-state index is 0. The molecule has 0 atom stereocenters. The van der Waals surface area contributed by atoms with Gasteiger partial charge in [-0.3, -0.25) is 0 Å². The van der Waals surface area contributed by atoms with Crippen molar-refractivity contribution in [1.29, 1.82) is 0 Å². The number of nitrogens with two attached hydrogens (primary N) is 2. The van der Waals surface area contributed by atoms with Gasteiger partial charge in [-0.1, -0.05) is 6.07 Å². The Kier molecular flexibility index (Phi) is 5.46. The number of thiazole rings is 1. The normalized spacial score (nSPS) is 10.3. The molecule has 0 aliphatic heterocycles. The number of hydrogen-bond donors (Lipinski definition) is 2. The summed E-state index contributed by atoms with van der Waals surface area (Å²) in [6.45, 7) is 5.13. The number of nitrogens with zero attached hydrogens (tertiary/aromatic N) is 3. The first-order valence-corrected chi connectivity index (χ1v) is 8.55. The number of hydrogen-bond acceptors (Lipinski definition) is 4. The average Bonchev–Trinajstić information content (AvgIpc) is 3.16. The van der Waals surface area contributed by atoms with Crippen molar-refractivity contribution in [2.24, 2.45) is 16.5 Å². The maximum Gasteiger partial charge on any atom is 0.212 e. The lowest BCUT2D eigenvalue weighted by atomic mass is 10.2. The molecular weight excluding hydrogens is 350 g/mol. The number of rotatable bonds is 4. The van der Waals surface area contributed by atoms with Gasteiger partial charge in [0, 0.05) is 27.2 Å². The molecule has 0 aromatic carbocycles. The maximum absolute atomic E-state index is 5.40. The second-order valence-electron chi connectivity index (χ2n) is 5.00. The molecule has 0 spiro atoms. The van der Waals surface area contributed by atoms with Crippen molar-refractivity contribution in [2.75, 3.05) is 0 Å². The fourth-order valence-corrected chi connectivity index (χ4v) is 3.81. The molecule has 0 amide bonds. The molecule has 0 aliphatic rings. The zero-order valence-electron chi connectivity index (χ0n) is 12.8. The average molecular weight is 368 g/mol. The van der Waals surface area contributed by atoms with E-state index >= 15 is 0 Å². The van der Waals surface area contributed by atoms with Crippen molar-refractivity contribution >= 4 is 46.2 Å². The molecule has 0 unspecified atom stereocenters. The van der Waals surface area contributed by atoms with E-state index in [-0.39, 0.29) is 18.4 Å². The third kappa shape index (κ3) is 3.74. The largest absolute Gasteiger partial charge is 0.370 e. The van der Waals surface area contributed by atoms with Crippen LogP contribution in [0, 0.1) is 13.8 Å². The predicted octanol–water partition coefficient (Wildman–Crippen LogP) is 3.66. The molecule has 122 valence electrons. The molecule has 4 N–H and O–H groups in total. The summed E-state index contributed by atoms with van der Waals surface area (Å²) in [6, 6.07) is 6.40. The molecule has 0 fully saturated rings. The standard InChI is InChI=1S/C15H17N5S2.ClH/c1-9-6-12(13-8-22-15(18-13)19-14(16)17)10(2)20(9)7-11-4-3-5-21-11;/h3-6,8H,7H2,1-2H3,(H4,16,17,18,19);1H. The van der Waals surface area contributed by atoms with E-state index in [1.54, 1.807) is 11.3 Å². The number of aromatic nitrogens is 2. The van der Waals surface area contributed by atoms with Crippen LogP contribution >= 0.6 is 35.1 Å². The second kappa shape index (κ2) is 7.16. The van der Waals surface area contributed by atoms with Crippen LogP contribution in [0.5, 0.6) is 0 Å². The number of aliphatic imine (C=N–C) groups is 1. The molecule has 0 aliphatic carbocycles. The number of guanidine groups is 1. The Balaban J connectivity index is 0.00000192. The summed E-state index contributed by atoms with van der Waals surface area (Å²) in [4.78, 5) is 9.83. The monoisotopic (exact) mass is 367 g/mol. The SMILES string of the molecule is Cc1cc(-c2csc(N=C(N)N)n2)c(C)n1Cc1cccs1.Cl. The van der Waals surface area contributed by atoms with Crippen LogP contribution in [0.4, 0.5) is 5.13 Å². The highest BCUT2D eigenvalue weighted by molar-refractivity contribution is 7.13. The molecule has 8 heteroatoms. The van der Waals surface area contributed by atoms with E-state index in [1.807, 2.05) is 5.38 Å². The van der Waals surface area contributed by atoms with Crippen LogP contribution in [-0.4, -0.2) is 15.5 Å². The highest BCUT2D eigenvalue weighted by atomic mass is 35.5. The van der Waals surface area contributed by atoms with Gasteiger partial charge in [-0.2, -0.15) is 4.99 Å². The summed E-state index contributed by atoms with van der Waals surface area (Å²) in [5.41, 5.74) is 15.3. The van der Waals surface area contributed by atoms with Crippen LogP contribution < -0.4 is 11.5 Å². The fraction of sp³-hybridized carbons (Fsp3) is 0.200. The van der Waals surface area contributed by atoms with Gasteiger partial charge in [-0.15, -0.1) is 35.1 Å². The van der Waals surface area contributed by atoms with Gasteiger partial charge in [0.25, 0.3) is 0 Å². The molecule has 0 bridgehead atoms. The highest BCUT2D eigenvalue weighted by Gasteiger charge is 2.14. The third-order valence-electron chi connectivity index (χ3n) is 3.46. The van der Waals surface area contributed by atoms with Crippen molar-refractivity contribution in [3.05, 3.63) is 45.2 Å². The quantitative estimate of drug-likeness (QED) is 0.545. The zero-order chi connectivity index (χ0) is 15.7. The van der Waals surface area contributed by atoms with E-state index in [4.69, 9.17) is 11.5 Å². The van der Waals surface area contributed by atoms with Gasteiger partial charge in [0.1, 0.15) is 0 Å². The Hall–Kier alpha value is -1.83. The summed E-state index contributed by atoms with van der Waals surface area (Å²) in [6.07, 6.45) is 0. The zero-order valence-corrected chi connectivity index (χ0v) is 15.3. The van der Waals surface area contributed by atoms with Gasteiger partial charge in [-0.05, 0) is 31.4 Å². The molecule has 0 saturated carbocycles. The Bertz CT molecular complexity index is 813. The predicted molar refractivity (Wildman–Crippen MR) is 101 cm³/mol. The van der Waals surface area contributed by atoms with Crippen molar-refractivity contribution in [3.63, 3.8) is 0 Å². The lowest BCUT2D eigenvalue weighted by Gasteiger charge is -2.08. The first-order valence-electron chi connectivity index (χ1n) is 6.79. The van der Waals surface area contributed by atoms with Gasteiger partial charge < -0.3 is 16.0 Å². The molecule has 23 heavy (non-hydrogen) atoms. The van der Waals surface area contributed by atoms with Gasteiger partial charge in [0.05, 0.1) is 12.2 Å². The Morgan fingerprint density at radius 3 is 2.74 bits per heavy atom. The Labute approximate surface area is 149 Å². The summed E-state index contributed by atoms with van der Waals surface area (Å²) < 4.78 is 2.31. The van der Waals surface area contributed by atoms with Crippen molar-refractivity contribution in [2.45, 2.75) is 20.4 Å². The second-order valence-corrected chi connectivity index (χ2v) is 6.87. The number of thiophene rings is 1. The topological polar surface area (TPSA) is 82.2 Å². The van der Waals surface area contributed by atoms with E-state index in [1.165, 1.54) is 27.6 Å². The van der Waals surface area contributed by atoms with Gasteiger partial charge in [-0.25, -0.2) is 4.98 Å². The van der Waals surface area contributed by atoms with Crippen molar-refractivity contribution in [1.82, 2.24) is 9.55 Å². The van der Waals surface area contributed by atoms with Crippen LogP contribution in [0.3, 0.4) is 0 Å². The van der Waals surface area contributed by atoms with Gasteiger partial charge in [0.15, 0.2) is 5.96 Å². The molecule has 3 rings (SSSR count). The molecule has 5 nitrogen and oxygen atoms in total. The van der Waals surface area contributed by atoms with E-state index < -0.39 is 0 Å². The Morgan fingerprint density at radius 1 is 1.30 bits per heavy atom. The summed E-state index contributed by atoms with van der Waals surface area (Å²) >= 11 is 3.21. The maximum atomic E-state index is 5.40. The van der Waals surface area contributed by atoms with Crippen LogP contribution in [0.1, 0.15) is 16.3 Å². The third-order valence-corrected chi connectivity index (χ3v) is 5.06. The van der Waals surface area contributed by atoms with Crippen LogP contribution in [0.2, 0.25) is 0 Å². The lowest BCUT2D eigenvalue weighted by Crippen LogP contribution is -2.21. The number of halogens is 1. The molecule has 0 saturated heterocycles. The van der Waals surface area contributed by atoms with E-state index in [0.717, 1.165) is 17.8 Å². The summed E-state index contributed by atoms with van der Waals surface area (Å²) in [5.74, 6) is 0.0315. The van der Waals surface area contributed by atoms with Crippen molar-refractivity contribution in [3.8, 4) is 11.3 Å². The molecule has 3 heterocycles. The van der Waals surface area contributed by atoms with Gasteiger partial charge in [0.2, 0.25) is 5.13 Å². The minimum atomic E-state index is 0. The van der Waals surface area contributed by atoms with Crippen LogP contribution in [0.25, 0.3) is 11.3 Å². The number of aryl methyl sites for hydroxylation is 1. The molecular formula is C15H18ClN5S2. The minimum Gasteiger partial charge on any atom is -0.370 e. The lowest BCUT2D eigenvalue weighted by molar-refractivity contribution is 0.760. The van der Waals surface area contributed by atoms with E-state index in [2.05, 4.69) is 52.0 Å². The Morgan fingerprint density at radius 2 is 2.09 bits per heavy atom. The smallest absolute Gasteiger partial charge is 0.212 e. The van der Waals surface area contributed by atoms with Crippen LogP contribution in [-0.2, 0) is 6.54 Å². The van der Waals surface area contributed by atoms with Crippen LogP contribution in [0.15, 0.2) is 34.0 Å². The first kappa shape index (κ1) is 17.5. The molecule has 0 radical (unpaired) electrons. The summed E-state index contributed by atoms with van der Waals surface area (Å²) in [7, 11) is 0. The van der Waals surface area contributed by atoms with Gasteiger partial charge >= 0.3 is 0 Å².